The predicted octanol–water partition coefficient (Wildman–Crippen LogP) is 2.33. The van der Waals surface area contributed by atoms with Gasteiger partial charge in [-0.1, -0.05) is 12.8 Å². The van der Waals surface area contributed by atoms with Crippen molar-refractivity contribution in [2.45, 2.75) is 51.1 Å². The first-order valence-corrected chi connectivity index (χ1v) is 7.42. The minimum Gasteiger partial charge on any atom is -0.353 e. The van der Waals surface area contributed by atoms with Crippen molar-refractivity contribution < 1.29 is 0 Å². The molecule has 2 fully saturated rings. The topological polar surface area (TPSA) is 33.1 Å². The van der Waals surface area contributed by atoms with Gasteiger partial charge in [0, 0.05) is 31.5 Å². The van der Waals surface area contributed by atoms with Crippen molar-refractivity contribution in [1.82, 2.24) is 14.5 Å². The summed E-state index contributed by atoms with van der Waals surface area (Å²) in [5.74, 6) is 1.07. The van der Waals surface area contributed by atoms with Crippen molar-refractivity contribution in [3.05, 3.63) is 12.4 Å². The molecule has 1 saturated carbocycles. The van der Waals surface area contributed by atoms with Gasteiger partial charge in [0.05, 0.1) is 0 Å². The molecule has 4 heteroatoms. The van der Waals surface area contributed by atoms with Gasteiger partial charge in [0.1, 0.15) is 0 Å². The molecule has 1 aromatic heterocycles. The lowest BCUT2D eigenvalue weighted by atomic mass is 10.2. The fourth-order valence-corrected chi connectivity index (χ4v) is 3.14. The minimum absolute atomic E-state index is 0.651. The zero-order chi connectivity index (χ0) is 12.2. The van der Waals surface area contributed by atoms with Gasteiger partial charge in [0.2, 0.25) is 5.95 Å². The van der Waals surface area contributed by atoms with Gasteiger partial charge in [-0.25, -0.2) is 4.98 Å². The van der Waals surface area contributed by atoms with Crippen LogP contribution in [-0.4, -0.2) is 40.1 Å². The number of hydrogen-bond donors (Lipinski definition) is 1. The molecule has 4 nitrogen and oxygen atoms in total. The predicted molar refractivity (Wildman–Crippen MR) is 73.8 cm³/mol. The van der Waals surface area contributed by atoms with E-state index in [2.05, 4.69) is 26.0 Å². The van der Waals surface area contributed by atoms with Crippen LogP contribution in [0.3, 0.4) is 0 Å². The average molecular weight is 248 g/mol. The summed E-state index contributed by atoms with van der Waals surface area (Å²) in [4.78, 5) is 7.01. The molecule has 100 valence electrons. The quantitative estimate of drug-likeness (QED) is 0.868. The summed E-state index contributed by atoms with van der Waals surface area (Å²) in [5, 5.41) is 3.60. The number of anilines is 1. The van der Waals surface area contributed by atoms with Crippen LogP contribution in [0.2, 0.25) is 0 Å². The Kier molecular flexibility index (Phi) is 3.84. The lowest BCUT2D eigenvalue weighted by Gasteiger charge is -2.18. The maximum atomic E-state index is 4.46. The number of rotatable bonds is 5. The first-order chi connectivity index (χ1) is 8.92. The summed E-state index contributed by atoms with van der Waals surface area (Å²) in [7, 11) is 0. The molecule has 0 atom stereocenters. The maximum absolute atomic E-state index is 4.46. The van der Waals surface area contributed by atoms with E-state index in [4.69, 9.17) is 0 Å². The van der Waals surface area contributed by atoms with Crippen LogP contribution >= 0.6 is 0 Å². The minimum atomic E-state index is 0.651. The van der Waals surface area contributed by atoms with Crippen molar-refractivity contribution in [1.29, 1.82) is 0 Å². The van der Waals surface area contributed by atoms with Crippen LogP contribution in [0, 0.1) is 0 Å². The van der Waals surface area contributed by atoms with E-state index in [0.29, 0.717) is 6.04 Å². The Hall–Kier alpha value is -1.03. The summed E-state index contributed by atoms with van der Waals surface area (Å²) < 4.78 is 2.27. The van der Waals surface area contributed by atoms with Gasteiger partial charge in [-0.2, -0.15) is 0 Å². The van der Waals surface area contributed by atoms with E-state index in [-0.39, 0.29) is 0 Å². The van der Waals surface area contributed by atoms with Crippen LogP contribution < -0.4 is 5.32 Å². The highest BCUT2D eigenvalue weighted by atomic mass is 15.2. The van der Waals surface area contributed by atoms with Crippen LogP contribution in [0.4, 0.5) is 5.95 Å². The zero-order valence-corrected chi connectivity index (χ0v) is 11.1. The Balaban J connectivity index is 1.53. The highest BCUT2D eigenvalue weighted by molar-refractivity contribution is 5.27. The van der Waals surface area contributed by atoms with E-state index in [9.17, 15) is 0 Å². The summed E-state index contributed by atoms with van der Waals surface area (Å²) in [6.07, 6.45) is 12.1. The number of imidazole rings is 1. The number of aromatic nitrogens is 2. The molecule has 1 aromatic rings. The van der Waals surface area contributed by atoms with Gasteiger partial charge < -0.3 is 14.8 Å². The maximum Gasteiger partial charge on any atom is 0.203 e. The van der Waals surface area contributed by atoms with Gasteiger partial charge in [-0.15, -0.1) is 0 Å². The van der Waals surface area contributed by atoms with Crippen LogP contribution in [0.1, 0.15) is 38.5 Å². The molecule has 2 aliphatic rings. The van der Waals surface area contributed by atoms with Crippen LogP contribution in [0.25, 0.3) is 0 Å². The number of nitrogens with zero attached hydrogens (tertiary/aromatic N) is 3. The SMILES string of the molecule is c1cn(CCN2CCCC2)c(NC2CCCC2)n1. The Morgan fingerprint density at radius 1 is 1.11 bits per heavy atom. The molecule has 0 aromatic carbocycles. The summed E-state index contributed by atoms with van der Waals surface area (Å²) in [6.45, 7) is 4.78. The molecule has 0 bridgehead atoms. The molecule has 3 rings (SSSR count). The molecule has 1 N–H and O–H groups in total. The number of likely N-dealkylation sites (tertiary alicyclic amines) is 1. The molecular formula is C14H24N4. The lowest BCUT2D eigenvalue weighted by molar-refractivity contribution is 0.323. The van der Waals surface area contributed by atoms with E-state index >= 15 is 0 Å². The molecular weight excluding hydrogens is 224 g/mol. The normalized spacial score (nSPS) is 21.8. The molecule has 0 spiro atoms. The Morgan fingerprint density at radius 2 is 1.89 bits per heavy atom. The van der Waals surface area contributed by atoms with E-state index in [1.807, 2.05) is 6.20 Å². The second-order valence-electron chi connectivity index (χ2n) is 5.62. The molecule has 0 amide bonds. The molecule has 0 radical (unpaired) electrons. The molecule has 1 saturated heterocycles. The van der Waals surface area contributed by atoms with Gasteiger partial charge in [-0.3, -0.25) is 0 Å². The largest absolute Gasteiger partial charge is 0.353 e. The third-order valence-corrected chi connectivity index (χ3v) is 4.26. The Bertz CT molecular complexity index is 362. The summed E-state index contributed by atoms with van der Waals surface area (Å²) in [6, 6.07) is 0.651. The Labute approximate surface area is 109 Å². The smallest absolute Gasteiger partial charge is 0.203 e. The standard InChI is InChI=1S/C14H24N4/c1-2-6-13(5-1)16-14-15-7-10-18(14)12-11-17-8-3-4-9-17/h7,10,13H,1-6,8-9,11-12H2,(H,15,16). The fourth-order valence-electron chi connectivity index (χ4n) is 3.14. The van der Waals surface area contributed by atoms with Crippen molar-refractivity contribution in [3.63, 3.8) is 0 Å². The first-order valence-electron chi connectivity index (χ1n) is 7.42. The third-order valence-electron chi connectivity index (χ3n) is 4.26. The fraction of sp³-hybridized carbons (Fsp3) is 0.786. The third kappa shape index (κ3) is 2.86. The van der Waals surface area contributed by atoms with Crippen molar-refractivity contribution >= 4 is 5.95 Å². The molecule has 2 heterocycles. The summed E-state index contributed by atoms with van der Waals surface area (Å²) >= 11 is 0. The molecule has 1 aliphatic carbocycles. The van der Waals surface area contributed by atoms with Gasteiger partial charge in [0.15, 0.2) is 0 Å². The number of hydrogen-bond acceptors (Lipinski definition) is 3. The Morgan fingerprint density at radius 3 is 2.67 bits per heavy atom. The van der Waals surface area contributed by atoms with Gasteiger partial charge in [0.25, 0.3) is 0 Å². The van der Waals surface area contributed by atoms with Crippen LogP contribution in [0.5, 0.6) is 0 Å². The lowest BCUT2D eigenvalue weighted by Crippen LogP contribution is -2.25. The van der Waals surface area contributed by atoms with E-state index in [1.165, 1.54) is 51.6 Å². The van der Waals surface area contributed by atoms with E-state index in [0.717, 1.165) is 19.0 Å². The van der Waals surface area contributed by atoms with Crippen molar-refractivity contribution in [2.24, 2.45) is 0 Å². The molecule has 1 aliphatic heterocycles. The second-order valence-corrected chi connectivity index (χ2v) is 5.62. The van der Waals surface area contributed by atoms with Crippen LogP contribution in [-0.2, 0) is 6.54 Å². The van der Waals surface area contributed by atoms with Gasteiger partial charge >= 0.3 is 0 Å². The molecule has 0 unspecified atom stereocenters. The second kappa shape index (κ2) is 5.74. The molecule has 18 heavy (non-hydrogen) atoms. The van der Waals surface area contributed by atoms with Crippen molar-refractivity contribution in [3.8, 4) is 0 Å². The zero-order valence-electron chi connectivity index (χ0n) is 11.1. The van der Waals surface area contributed by atoms with Crippen molar-refractivity contribution in [2.75, 3.05) is 25.0 Å². The average Bonchev–Trinajstić information content (AvgIpc) is 3.10. The first kappa shape index (κ1) is 12.0. The van der Waals surface area contributed by atoms with E-state index < -0.39 is 0 Å². The van der Waals surface area contributed by atoms with E-state index in [1.54, 1.807) is 0 Å². The summed E-state index contributed by atoms with van der Waals surface area (Å²) in [5.41, 5.74) is 0. The number of nitrogens with one attached hydrogen (secondary N) is 1. The highest BCUT2D eigenvalue weighted by Gasteiger charge is 2.17. The highest BCUT2D eigenvalue weighted by Crippen LogP contribution is 2.21. The monoisotopic (exact) mass is 248 g/mol. The van der Waals surface area contributed by atoms with Gasteiger partial charge in [-0.05, 0) is 38.8 Å². The van der Waals surface area contributed by atoms with Crippen LogP contribution in [0.15, 0.2) is 12.4 Å².